The maximum Gasteiger partial charge on any atom is 0.315 e. The first kappa shape index (κ1) is 15.9. The molecule has 0 saturated heterocycles. The third-order valence-electron chi connectivity index (χ3n) is 3.19. The van der Waals surface area contributed by atoms with E-state index in [9.17, 15) is 4.79 Å². The first-order valence-electron chi connectivity index (χ1n) is 7.19. The molecule has 2 amide bonds. The van der Waals surface area contributed by atoms with Gasteiger partial charge in [0.25, 0.3) is 0 Å². The van der Waals surface area contributed by atoms with Crippen LogP contribution in [0.2, 0.25) is 0 Å². The number of benzene rings is 1. The molecular formula is C16H21N3O3. The fourth-order valence-electron chi connectivity index (χ4n) is 2.05. The van der Waals surface area contributed by atoms with Crippen LogP contribution in [0.5, 0.6) is 5.75 Å². The van der Waals surface area contributed by atoms with Crippen LogP contribution in [-0.2, 0) is 6.54 Å². The average Bonchev–Trinajstić information content (AvgIpc) is 2.98. The standard InChI is InChI=1S/C16H21N3O3/c1-11-5-4-6-12(2)15(11)21-10-13(3)18-16(20)17-9-14-7-8-22-19-14/h4-8,13H,9-10H2,1-3H3,(H2,17,18,20)/t13-/m0/s1. The van der Waals surface area contributed by atoms with Gasteiger partial charge in [0.2, 0.25) is 0 Å². The molecule has 0 bridgehead atoms. The van der Waals surface area contributed by atoms with E-state index in [4.69, 9.17) is 9.26 Å². The van der Waals surface area contributed by atoms with Crippen LogP contribution in [0.15, 0.2) is 35.1 Å². The molecule has 0 saturated carbocycles. The van der Waals surface area contributed by atoms with Gasteiger partial charge in [0, 0.05) is 6.07 Å². The number of hydrogen-bond acceptors (Lipinski definition) is 4. The lowest BCUT2D eigenvalue weighted by molar-refractivity contribution is 0.225. The van der Waals surface area contributed by atoms with Crippen molar-refractivity contribution >= 4 is 6.03 Å². The van der Waals surface area contributed by atoms with E-state index in [1.165, 1.54) is 6.26 Å². The van der Waals surface area contributed by atoms with Crippen molar-refractivity contribution in [2.45, 2.75) is 33.4 Å². The second kappa shape index (κ2) is 7.49. The number of amides is 2. The zero-order valence-corrected chi connectivity index (χ0v) is 13.1. The van der Waals surface area contributed by atoms with Crippen LogP contribution in [0.4, 0.5) is 4.79 Å². The van der Waals surface area contributed by atoms with Gasteiger partial charge >= 0.3 is 6.03 Å². The highest BCUT2D eigenvalue weighted by Gasteiger charge is 2.10. The molecule has 1 aromatic heterocycles. The summed E-state index contributed by atoms with van der Waals surface area (Å²) in [4.78, 5) is 11.8. The predicted molar refractivity (Wildman–Crippen MR) is 82.7 cm³/mol. The number of carbonyl (C=O) groups excluding carboxylic acids is 1. The molecule has 0 fully saturated rings. The number of urea groups is 1. The minimum Gasteiger partial charge on any atom is -0.491 e. The molecule has 0 aliphatic carbocycles. The Hall–Kier alpha value is -2.50. The summed E-state index contributed by atoms with van der Waals surface area (Å²) < 4.78 is 10.5. The van der Waals surface area contributed by atoms with Crippen LogP contribution < -0.4 is 15.4 Å². The Labute approximate surface area is 129 Å². The summed E-state index contributed by atoms with van der Waals surface area (Å²) in [7, 11) is 0. The molecule has 1 atom stereocenters. The van der Waals surface area contributed by atoms with E-state index in [-0.39, 0.29) is 12.1 Å². The van der Waals surface area contributed by atoms with Crippen molar-refractivity contribution in [3.63, 3.8) is 0 Å². The monoisotopic (exact) mass is 303 g/mol. The Morgan fingerprint density at radius 2 is 2.05 bits per heavy atom. The van der Waals surface area contributed by atoms with E-state index in [2.05, 4.69) is 15.8 Å². The zero-order valence-electron chi connectivity index (χ0n) is 13.1. The molecule has 0 radical (unpaired) electrons. The summed E-state index contributed by atoms with van der Waals surface area (Å²) >= 11 is 0. The minimum absolute atomic E-state index is 0.115. The minimum atomic E-state index is -0.263. The van der Waals surface area contributed by atoms with Crippen molar-refractivity contribution in [3.05, 3.63) is 47.3 Å². The molecule has 0 spiro atoms. The molecule has 6 nitrogen and oxygen atoms in total. The van der Waals surface area contributed by atoms with Crippen molar-refractivity contribution in [2.75, 3.05) is 6.61 Å². The normalized spacial score (nSPS) is 11.8. The Bertz CT molecular complexity index is 591. The van der Waals surface area contributed by atoms with E-state index < -0.39 is 0 Å². The maximum atomic E-state index is 11.8. The highest BCUT2D eigenvalue weighted by atomic mass is 16.5. The summed E-state index contributed by atoms with van der Waals surface area (Å²) in [5, 5.41) is 9.25. The molecule has 2 N–H and O–H groups in total. The largest absolute Gasteiger partial charge is 0.491 e. The molecule has 1 aromatic carbocycles. The van der Waals surface area contributed by atoms with E-state index in [1.54, 1.807) is 6.07 Å². The molecule has 0 aliphatic heterocycles. The molecule has 0 unspecified atom stereocenters. The van der Waals surface area contributed by atoms with Crippen molar-refractivity contribution in [3.8, 4) is 5.75 Å². The zero-order chi connectivity index (χ0) is 15.9. The number of aryl methyl sites for hydroxylation is 2. The molecule has 6 heteroatoms. The maximum absolute atomic E-state index is 11.8. The Morgan fingerprint density at radius 3 is 2.68 bits per heavy atom. The van der Waals surface area contributed by atoms with Crippen molar-refractivity contribution in [1.82, 2.24) is 15.8 Å². The Morgan fingerprint density at radius 1 is 1.32 bits per heavy atom. The van der Waals surface area contributed by atoms with Gasteiger partial charge < -0.3 is 19.9 Å². The van der Waals surface area contributed by atoms with Gasteiger partial charge in [-0.1, -0.05) is 23.4 Å². The third-order valence-corrected chi connectivity index (χ3v) is 3.19. The van der Waals surface area contributed by atoms with Crippen LogP contribution in [0.3, 0.4) is 0 Å². The first-order valence-corrected chi connectivity index (χ1v) is 7.19. The summed E-state index contributed by atoms with van der Waals surface area (Å²) in [6, 6.07) is 7.33. The number of hydrogen-bond donors (Lipinski definition) is 2. The number of nitrogens with zero attached hydrogens (tertiary/aromatic N) is 1. The average molecular weight is 303 g/mol. The number of aromatic nitrogens is 1. The summed E-state index contributed by atoms with van der Waals surface area (Å²) in [6.45, 7) is 6.63. The molecule has 22 heavy (non-hydrogen) atoms. The molecule has 2 aromatic rings. The first-order chi connectivity index (χ1) is 10.6. The third kappa shape index (κ3) is 4.51. The second-order valence-electron chi connectivity index (χ2n) is 5.25. The molecule has 118 valence electrons. The lowest BCUT2D eigenvalue weighted by atomic mass is 10.1. The molecule has 2 rings (SSSR count). The summed E-state index contributed by atoms with van der Waals surface area (Å²) in [5.74, 6) is 0.874. The van der Waals surface area contributed by atoms with E-state index in [0.717, 1.165) is 16.9 Å². The van der Waals surface area contributed by atoms with Gasteiger partial charge in [-0.15, -0.1) is 0 Å². The van der Waals surface area contributed by atoms with Gasteiger partial charge in [-0.25, -0.2) is 4.79 Å². The Kier molecular flexibility index (Phi) is 5.41. The van der Waals surface area contributed by atoms with Crippen molar-refractivity contribution in [1.29, 1.82) is 0 Å². The van der Waals surface area contributed by atoms with Gasteiger partial charge in [0.05, 0.1) is 12.6 Å². The smallest absolute Gasteiger partial charge is 0.315 e. The summed E-state index contributed by atoms with van der Waals surface area (Å²) in [5.41, 5.74) is 2.85. The SMILES string of the molecule is Cc1cccc(C)c1OC[C@H](C)NC(=O)NCc1ccon1. The lowest BCUT2D eigenvalue weighted by Crippen LogP contribution is -2.43. The molecule has 1 heterocycles. The van der Waals surface area contributed by atoms with Crippen molar-refractivity contribution < 1.29 is 14.1 Å². The highest BCUT2D eigenvalue weighted by molar-refractivity contribution is 5.74. The predicted octanol–water partition coefficient (Wildman–Crippen LogP) is 2.56. The van der Waals surface area contributed by atoms with Crippen molar-refractivity contribution in [2.24, 2.45) is 0 Å². The van der Waals surface area contributed by atoms with Crippen LogP contribution in [-0.4, -0.2) is 23.8 Å². The fraction of sp³-hybridized carbons (Fsp3) is 0.375. The molecular weight excluding hydrogens is 282 g/mol. The number of para-hydroxylation sites is 1. The van der Waals surface area contributed by atoms with Crippen LogP contribution in [0, 0.1) is 13.8 Å². The summed E-state index contributed by atoms with van der Waals surface area (Å²) in [6.07, 6.45) is 1.47. The van der Waals surface area contributed by atoms with Crippen LogP contribution in [0.1, 0.15) is 23.7 Å². The number of rotatable bonds is 6. The van der Waals surface area contributed by atoms with E-state index in [1.807, 2.05) is 39.0 Å². The van der Waals surface area contributed by atoms with Gasteiger partial charge in [-0.05, 0) is 31.9 Å². The lowest BCUT2D eigenvalue weighted by Gasteiger charge is -2.17. The second-order valence-corrected chi connectivity index (χ2v) is 5.25. The van der Waals surface area contributed by atoms with Crippen LogP contribution >= 0.6 is 0 Å². The van der Waals surface area contributed by atoms with E-state index >= 15 is 0 Å². The Balaban J connectivity index is 1.75. The van der Waals surface area contributed by atoms with Gasteiger partial charge in [0.1, 0.15) is 24.3 Å². The molecule has 0 aliphatic rings. The quantitative estimate of drug-likeness (QED) is 0.860. The van der Waals surface area contributed by atoms with Gasteiger partial charge in [-0.2, -0.15) is 0 Å². The number of ether oxygens (including phenoxy) is 1. The number of nitrogens with one attached hydrogen (secondary N) is 2. The number of carbonyl (C=O) groups is 1. The van der Waals surface area contributed by atoms with Gasteiger partial charge in [0.15, 0.2) is 0 Å². The van der Waals surface area contributed by atoms with Crippen LogP contribution in [0.25, 0.3) is 0 Å². The van der Waals surface area contributed by atoms with Gasteiger partial charge in [-0.3, -0.25) is 0 Å². The topological polar surface area (TPSA) is 76.4 Å². The fourth-order valence-corrected chi connectivity index (χ4v) is 2.05. The van der Waals surface area contributed by atoms with E-state index in [0.29, 0.717) is 18.8 Å². The highest BCUT2D eigenvalue weighted by Crippen LogP contribution is 2.22.